The summed E-state index contributed by atoms with van der Waals surface area (Å²) in [5.74, 6) is -2.07. The lowest BCUT2D eigenvalue weighted by Crippen LogP contribution is -2.42. The highest BCUT2D eigenvalue weighted by Crippen LogP contribution is 2.37. The number of likely N-dealkylation sites (tertiary alicyclic amines) is 1. The van der Waals surface area contributed by atoms with Crippen LogP contribution in [-0.2, 0) is 19.4 Å². The Morgan fingerprint density at radius 1 is 1.05 bits per heavy atom. The number of aliphatic hydroxyl groups is 1. The van der Waals surface area contributed by atoms with Crippen molar-refractivity contribution in [1.29, 1.82) is 0 Å². The second-order valence-electron chi connectivity index (χ2n) is 10.2. The van der Waals surface area contributed by atoms with E-state index < -0.39 is 17.5 Å². The number of hydrogen-bond acceptors (Lipinski definition) is 5. The van der Waals surface area contributed by atoms with Gasteiger partial charge in [-0.1, -0.05) is 0 Å². The highest BCUT2D eigenvalue weighted by atomic mass is 19.2. The van der Waals surface area contributed by atoms with Gasteiger partial charge in [0.2, 0.25) is 0 Å². The molecule has 0 spiro atoms. The second-order valence-corrected chi connectivity index (χ2v) is 10.2. The first kappa shape index (κ1) is 27.4. The maximum absolute atomic E-state index is 13.9. The molecule has 1 aliphatic rings. The number of piperidine rings is 1. The summed E-state index contributed by atoms with van der Waals surface area (Å²) in [6, 6.07) is 7.53. The van der Waals surface area contributed by atoms with Crippen molar-refractivity contribution in [3.63, 3.8) is 0 Å². The van der Waals surface area contributed by atoms with Crippen LogP contribution in [0.3, 0.4) is 0 Å². The molecular weight excluding hydrogens is 479 g/mol. The van der Waals surface area contributed by atoms with Crippen molar-refractivity contribution in [3.05, 3.63) is 70.7 Å². The van der Waals surface area contributed by atoms with Crippen molar-refractivity contribution in [1.82, 2.24) is 9.88 Å². The van der Waals surface area contributed by atoms with E-state index in [9.17, 15) is 18.3 Å². The first-order chi connectivity index (χ1) is 17.9. The molecule has 8 heteroatoms. The van der Waals surface area contributed by atoms with Crippen molar-refractivity contribution in [3.8, 4) is 5.75 Å². The van der Waals surface area contributed by atoms with E-state index in [1.807, 2.05) is 24.4 Å². The van der Waals surface area contributed by atoms with Crippen molar-refractivity contribution < 1.29 is 23.0 Å². The second kappa shape index (κ2) is 12.2. The van der Waals surface area contributed by atoms with Crippen LogP contribution in [0.25, 0.3) is 10.9 Å². The largest absolute Gasteiger partial charge is 0.497 e. The molecule has 0 atom stereocenters. The monoisotopic (exact) mass is 515 g/mol. The minimum atomic E-state index is -1.14. The molecule has 2 heterocycles. The predicted octanol–water partition coefficient (Wildman–Crippen LogP) is 5.15. The fraction of sp³-hybridized carbons (Fsp3) is 0.483. The number of pyridine rings is 1. The molecule has 200 valence electrons. The molecule has 0 bridgehead atoms. The van der Waals surface area contributed by atoms with Crippen molar-refractivity contribution in [2.24, 2.45) is 11.1 Å². The molecule has 2 aromatic carbocycles. The van der Waals surface area contributed by atoms with Gasteiger partial charge < -0.3 is 20.5 Å². The minimum absolute atomic E-state index is 0.0809. The molecule has 0 unspecified atom stereocenters. The summed E-state index contributed by atoms with van der Waals surface area (Å²) in [4.78, 5) is 6.83. The van der Waals surface area contributed by atoms with E-state index in [4.69, 9.17) is 10.5 Å². The van der Waals surface area contributed by atoms with E-state index in [0.717, 1.165) is 80.0 Å². The molecule has 1 saturated heterocycles. The number of hydrogen-bond donors (Lipinski definition) is 2. The van der Waals surface area contributed by atoms with Crippen LogP contribution < -0.4 is 10.5 Å². The van der Waals surface area contributed by atoms with Crippen LogP contribution in [0.1, 0.15) is 48.8 Å². The van der Waals surface area contributed by atoms with Crippen LogP contribution in [-0.4, -0.2) is 48.3 Å². The predicted molar refractivity (Wildman–Crippen MR) is 139 cm³/mol. The Hall–Kier alpha value is -2.68. The number of ether oxygens (including phenoxy) is 1. The smallest absolute Gasteiger partial charge is 0.162 e. The van der Waals surface area contributed by atoms with Crippen LogP contribution in [0, 0.1) is 22.9 Å². The van der Waals surface area contributed by atoms with Gasteiger partial charge in [-0.3, -0.25) is 4.98 Å². The van der Waals surface area contributed by atoms with Crippen molar-refractivity contribution >= 4 is 10.9 Å². The van der Waals surface area contributed by atoms with Gasteiger partial charge in [0.15, 0.2) is 11.6 Å². The zero-order valence-electron chi connectivity index (χ0n) is 21.4. The third kappa shape index (κ3) is 6.43. The van der Waals surface area contributed by atoms with Crippen LogP contribution in [0.15, 0.2) is 36.5 Å². The number of aliphatic hydroxyl groups excluding tert-OH is 1. The molecule has 1 fully saturated rings. The van der Waals surface area contributed by atoms with E-state index in [1.165, 1.54) is 5.56 Å². The summed E-state index contributed by atoms with van der Waals surface area (Å²) in [6.07, 6.45) is 7.19. The normalized spacial score (nSPS) is 15.8. The van der Waals surface area contributed by atoms with Crippen molar-refractivity contribution in [2.75, 3.05) is 33.4 Å². The summed E-state index contributed by atoms with van der Waals surface area (Å²) in [5.41, 5.74) is 9.11. The lowest BCUT2D eigenvalue weighted by Gasteiger charge is -2.41. The number of methoxy groups -OCH3 is 1. The quantitative estimate of drug-likeness (QED) is 0.346. The highest BCUT2D eigenvalue weighted by Gasteiger charge is 2.33. The van der Waals surface area contributed by atoms with Gasteiger partial charge in [0, 0.05) is 30.8 Å². The molecule has 0 radical (unpaired) electrons. The average molecular weight is 516 g/mol. The number of aromatic nitrogens is 1. The molecular formula is C29H36F3N3O2. The lowest BCUT2D eigenvalue weighted by atomic mass is 9.74. The van der Waals surface area contributed by atoms with Crippen LogP contribution >= 0.6 is 0 Å². The Morgan fingerprint density at radius 3 is 2.54 bits per heavy atom. The number of fused-ring (bicyclic) bond motifs is 1. The fourth-order valence-corrected chi connectivity index (χ4v) is 5.53. The topological polar surface area (TPSA) is 71.6 Å². The summed E-state index contributed by atoms with van der Waals surface area (Å²) < 4.78 is 46.2. The van der Waals surface area contributed by atoms with E-state index in [0.29, 0.717) is 19.0 Å². The maximum atomic E-state index is 13.9. The molecule has 1 aromatic heterocycles. The molecule has 0 amide bonds. The lowest BCUT2D eigenvalue weighted by molar-refractivity contribution is 0.0353. The van der Waals surface area contributed by atoms with Crippen LogP contribution in [0.5, 0.6) is 5.75 Å². The third-order valence-electron chi connectivity index (χ3n) is 7.87. The zero-order chi connectivity index (χ0) is 26.4. The average Bonchev–Trinajstić information content (AvgIpc) is 2.92. The van der Waals surface area contributed by atoms with Crippen LogP contribution in [0.4, 0.5) is 13.2 Å². The first-order valence-electron chi connectivity index (χ1n) is 13.0. The van der Waals surface area contributed by atoms with Gasteiger partial charge in [-0.2, -0.15) is 0 Å². The van der Waals surface area contributed by atoms with Gasteiger partial charge in [0.1, 0.15) is 11.6 Å². The Kier molecular flexibility index (Phi) is 9.05. The van der Waals surface area contributed by atoms with E-state index in [2.05, 4.69) is 9.88 Å². The molecule has 1 aliphatic heterocycles. The molecule has 37 heavy (non-hydrogen) atoms. The summed E-state index contributed by atoms with van der Waals surface area (Å²) in [7, 11) is 1.65. The van der Waals surface area contributed by atoms with E-state index in [-0.39, 0.29) is 24.0 Å². The summed E-state index contributed by atoms with van der Waals surface area (Å²) >= 11 is 0. The molecule has 0 saturated carbocycles. The first-order valence-corrected chi connectivity index (χ1v) is 13.0. The fourth-order valence-electron chi connectivity index (χ4n) is 5.53. The van der Waals surface area contributed by atoms with Gasteiger partial charge in [0.05, 0.1) is 12.6 Å². The SMILES string of the molecule is COc1ccc2ncc(CN)c(CCCC3(CO)CCN(CCCc4cc(F)cc(F)c4F)CC3)c2c1. The number of halogens is 3. The Bertz CT molecular complexity index is 1210. The number of aryl methyl sites for hydroxylation is 2. The Balaban J connectivity index is 1.31. The molecule has 3 aromatic rings. The molecule has 5 nitrogen and oxygen atoms in total. The Labute approximate surface area is 216 Å². The number of nitrogens with two attached hydrogens (primary N) is 1. The third-order valence-corrected chi connectivity index (χ3v) is 7.87. The number of nitrogens with zero attached hydrogens (tertiary/aromatic N) is 2. The number of benzene rings is 2. The molecule has 3 N–H and O–H groups in total. The van der Waals surface area contributed by atoms with Crippen molar-refractivity contribution in [2.45, 2.75) is 51.5 Å². The van der Waals surface area contributed by atoms with E-state index in [1.54, 1.807) is 7.11 Å². The number of rotatable bonds is 11. The molecule has 4 rings (SSSR count). The van der Waals surface area contributed by atoms with Gasteiger partial charge >= 0.3 is 0 Å². The summed E-state index contributed by atoms with van der Waals surface area (Å²) in [5, 5.41) is 11.4. The highest BCUT2D eigenvalue weighted by molar-refractivity contribution is 5.84. The zero-order valence-corrected chi connectivity index (χ0v) is 21.4. The van der Waals surface area contributed by atoms with Gasteiger partial charge in [-0.05, 0) is 111 Å². The van der Waals surface area contributed by atoms with E-state index >= 15 is 0 Å². The van der Waals surface area contributed by atoms with Crippen LogP contribution in [0.2, 0.25) is 0 Å². The standard InChI is InChI=1S/C29H36F3N3O2/c1-37-23-6-7-27-25(16-23)24(21(17-33)18-34-27)5-2-8-29(19-36)9-12-35(13-10-29)11-3-4-20-14-22(30)15-26(31)28(20)32/h6-7,14-16,18,36H,2-5,8-13,17,19,33H2,1H3. The minimum Gasteiger partial charge on any atom is -0.497 e. The maximum Gasteiger partial charge on any atom is 0.162 e. The summed E-state index contributed by atoms with van der Waals surface area (Å²) in [6.45, 7) is 2.96. The van der Waals surface area contributed by atoms with Gasteiger partial charge in [-0.25, -0.2) is 13.2 Å². The van der Waals surface area contributed by atoms with Gasteiger partial charge in [-0.15, -0.1) is 0 Å². The van der Waals surface area contributed by atoms with Gasteiger partial charge in [0.25, 0.3) is 0 Å². The molecule has 0 aliphatic carbocycles. The Morgan fingerprint density at radius 2 is 1.84 bits per heavy atom.